The minimum Gasteiger partial charge on any atom is -0.327 e. The Balaban J connectivity index is 2.16. The highest BCUT2D eigenvalue weighted by Gasteiger charge is 2.14. The first kappa shape index (κ1) is 14.1. The smallest absolute Gasteiger partial charge is 0.0741 e. The second kappa shape index (κ2) is 5.88. The van der Waals surface area contributed by atoms with E-state index < -0.39 is 0 Å². The van der Waals surface area contributed by atoms with Crippen LogP contribution in [0.4, 0.5) is 0 Å². The molecule has 0 aliphatic rings. The fourth-order valence-corrected chi connectivity index (χ4v) is 2.76. The minimum atomic E-state index is 0.102. The third kappa shape index (κ3) is 2.67. The average Bonchev–Trinajstić information content (AvgIpc) is 2.93. The van der Waals surface area contributed by atoms with E-state index in [-0.39, 0.29) is 6.04 Å². The van der Waals surface area contributed by atoms with Crippen LogP contribution < -0.4 is 5.73 Å². The molecule has 3 rings (SSSR count). The Morgan fingerprint density at radius 2 is 2.00 bits per heavy atom. The molecular formula is C17H18ClN3. The van der Waals surface area contributed by atoms with Gasteiger partial charge < -0.3 is 5.73 Å². The van der Waals surface area contributed by atoms with Crippen molar-refractivity contribution in [2.75, 3.05) is 0 Å². The Morgan fingerprint density at radius 1 is 1.19 bits per heavy atom. The first-order chi connectivity index (χ1) is 10.2. The Labute approximate surface area is 129 Å². The number of hydrogen-bond acceptors (Lipinski definition) is 2. The summed E-state index contributed by atoms with van der Waals surface area (Å²) in [6, 6.07) is 14.2. The summed E-state index contributed by atoms with van der Waals surface area (Å²) in [4.78, 5) is 0. The maximum atomic E-state index is 6.40. The molecule has 0 fully saturated rings. The Bertz CT molecular complexity index is 764. The van der Waals surface area contributed by atoms with Crippen molar-refractivity contribution in [3.05, 3.63) is 59.2 Å². The van der Waals surface area contributed by atoms with Crippen LogP contribution in [0.1, 0.15) is 18.9 Å². The summed E-state index contributed by atoms with van der Waals surface area (Å²) in [5.74, 6) is 0. The monoisotopic (exact) mass is 299 g/mol. The van der Waals surface area contributed by atoms with E-state index >= 15 is 0 Å². The van der Waals surface area contributed by atoms with Crippen LogP contribution in [0.15, 0.2) is 48.7 Å². The molecule has 0 saturated carbocycles. The van der Waals surface area contributed by atoms with Crippen molar-refractivity contribution < 1.29 is 0 Å². The van der Waals surface area contributed by atoms with Gasteiger partial charge in [0.15, 0.2) is 0 Å². The van der Waals surface area contributed by atoms with Gasteiger partial charge in [-0.1, -0.05) is 42.8 Å². The minimum absolute atomic E-state index is 0.102. The van der Waals surface area contributed by atoms with Gasteiger partial charge in [-0.15, -0.1) is 0 Å². The zero-order valence-corrected chi connectivity index (χ0v) is 12.7. The molecular weight excluding hydrogens is 282 g/mol. The van der Waals surface area contributed by atoms with Gasteiger partial charge >= 0.3 is 0 Å². The van der Waals surface area contributed by atoms with Crippen LogP contribution in [0.25, 0.3) is 16.6 Å². The summed E-state index contributed by atoms with van der Waals surface area (Å²) in [6.45, 7) is 2.09. The predicted octanol–water partition coefficient (Wildman–Crippen LogP) is 3.96. The molecule has 1 unspecified atom stereocenters. The third-order valence-electron chi connectivity index (χ3n) is 3.79. The largest absolute Gasteiger partial charge is 0.327 e. The van der Waals surface area contributed by atoms with Crippen molar-refractivity contribution >= 4 is 22.5 Å². The number of halogens is 1. The molecule has 0 bridgehead atoms. The van der Waals surface area contributed by atoms with Gasteiger partial charge in [-0.3, -0.25) is 0 Å². The van der Waals surface area contributed by atoms with Gasteiger partial charge in [0.1, 0.15) is 0 Å². The van der Waals surface area contributed by atoms with E-state index in [9.17, 15) is 0 Å². The summed E-state index contributed by atoms with van der Waals surface area (Å²) >= 11 is 6.40. The second-order valence-electron chi connectivity index (χ2n) is 5.23. The molecule has 1 aromatic heterocycles. The topological polar surface area (TPSA) is 43.8 Å². The average molecular weight is 300 g/mol. The van der Waals surface area contributed by atoms with Crippen LogP contribution in [0.3, 0.4) is 0 Å². The third-order valence-corrected chi connectivity index (χ3v) is 4.14. The normalized spacial score (nSPS) is 12.7. The van der Waals surface area contributed by atoms with E-state index in [0.717, 1.165) is 40.0 Å². The zero-order valence-electron chi connectivity index (χ0n) is 12.0. The maximum Gasteiger partial charge on any atom is 0.0741 e. The zero-order chi connectivity index (χ0) is 14.8. The van der Waals surface area contributed by atoms with Gasteiger partial charge in [0.2, 0.25) is 0 Å². The molecule has 1 atom stereocenters. The van der Waals surface area contributed by atoms with Crippen LogP contribution in [0.5, 0.6) is 0 Å². The molecule has 3 nitrogen and oxygen atoms in total. The number of fused-ring (bicyclic) bond motifs is 1. The Kier molecular flexibility index (Phi) is 3.95. The van der Waals surface area contributed by atoms with Gasteiger partial charge in [0.25, 0.3) is 0 Å². The number of hydrogen-bond donors (Lipinski definition) is 1. The molecule has 0 aliphatic carbocycles. The summed E-state index contributed by atoms with van der Waals surface area (Å²) in [5, 5.41) is 6.38. The lowest BCUT2D eigenvalue weighted by Crippen LogP contribution is -2.22. The highest BCUT2D eigenvalue weighted by Crippen LogP contribution is 2.27. The van der Waals surface area contributed by atoms with Gasteiger partial charge in [-0.2, -0.15) is 5.10 Å². The number of aromatic nitrogens is 2. The predicted molar refractivity (Wildman–Crippen MR) is 88.1 cm³/mol. The lowest BCUT2D eigenvalue weighted by Gasteiger charge is -2.15. The van der Waals surface area contributed by atoms with E-state index in [1.807, 2.05) is 41.2 Å². The lowest BCUT2D eigenvalue weighted by atomic mass is 10.0. The Morgan fingerprint density at radius 3 is 2.81 bits per heavy atom. The highest BCUT2D eigenvalue weighted by molar-refractivity contribution is 6.31. The van der Waals surface area contributed by atoms with E-state index in [1.54, 1.807) is 0 Å². The van der Waals surface area contributed by atoms with Gasteiger partial charge in [0.05, 0.1) is 17.4 Å². The fourth-order valence-electron chi connectivity index (χ4n) is 2.52. The van der Waals surface area contributed by atoms with Crippen molar-refractivity contribution in [2.24, 2.45) is 5.73 Å². The van der Waals surface area contributed by atoms with E-state index in [0.29, 0.717) is 0 Å². The van der Waals surface area contributed by atoms with Crippen molar-refractivity contribution in [3.8, 4) is 5.69 Å². The highest BCUT2D eigenvalue weighted by atomic mass is 35.5. The molecule has 21 heavy (non-hydrogen) atoms. The Hall–Kier alpha value is -1.84. The molecule has 0 spiro atoms. The van der Waals surface area contributed by atoms with Crippen molar-refractivity contribution in [3.63, 3.8) is 0 Å². The first-order valence-corrected chi connectivity index (χ1v) is 7.54. The molecule has 4 heteroatoms. The van der Waals surface area contributed by atoms with E-state index in [1.165, 1.54) is 0 Å². The number of rotatable bonds is 4. The molecule has 3 aromatic rings. The van der Waals surface area contributed by atoms with Crippen molar-refractivity contribution in [2.45, 2.75) is 25.8 Å². The summed E-state index contributed by atoms with van der Waals surface area (Å²) < 4.78 is 1.94. The van der Waals surface area contributed by atoms with Crippen LogP contribution in [-0.4, -0.2) is 15.8 Å². The quantitative estimate of drug-likeness (QED) is 0.792. The van der Waals surface area contributed by atoms with Gasteiger partial charge in [-0.25, -0.2) is 4.68 Å². The van der Waals surface area contributed by atoms with Crippen LogP contribution in [0, 0.1) is 0 Å². The number of para-hydroxylation sites is 1. The molecule has 0 amide bonds. The SMILES string of the molecule is CCC(N)Cc1c(Cl)cccc1-n1ncc2ccccc21. The van der Waals surface area contributed by atoms with E-state index in [2.05, 4.69) is 24.2 Å². The lowest BCUT2D eigenvalue weighted by molar-refractivity contribution is 0.643. The van der Waals surface area contributed by atoms with Crippen molar-refractivity contribution in [1.82, 2.24) is 9.78 Å². The summed E-state index contributed by atoms with van der Waals surface area (Å²) in [6.07, 6.45) is 3.55. The molecule has 2 N–H and O–H groups in total. The molecule has 2 aromatic carbocycles. The number of nitrogens with two attached hydrogens (primary N) is 1. The van der Waals surface area contributed by atoms with Gasteiger partial charge in [0, 0.05) is 16.5 Å². The number of nitrogens with zero attached hydrogens (tertiary/aromatic N) is 2. The standard InChI is InChI=1S/C17H18ClN3/c1-2-13(19)10-14-15(18)7-5-9-17(14)21-16-8-4-3-6-12(16)11-20-21/h3-9,11,13H,2,10,19H2,1H3. The summed E-state index contributed by atoms with van der Waals surface area (Å²) in [7, 11) is 0. The van der Waals surface area contributed by atoms with Crippen LogP contribution in [-0.2, 0) is 6.42 Å². The second-order valence-corrected chi connectivity index (χ2v) is 5.63. The first-order valence-electron chi connectivity index (χ1n) is 7.16. The maximum absolute atomic E-state index is 6.40. The fraction of sp³-hybridized carbons (Fsp3) is 0.235. The van der Waals surface area contributed by atoms with Crippen LogP contribution in [0.2, 0.25) is 5.02 Å². The molecule has 0 saturated heterocycles. The van der Waals surface area contributed by atoms with Crippen LogP contribution >= 0.6 is 11.6 Å². The molecule has 1 heterocycles. The van der Waals surface area contributed by atoms with Crippen molar-refractivity contribution in [1.29, 1.82) is 0 Å². The molecule has 108 valence electrons. The van der Waals surface area contributed by atoms with E-state index in [4.69, 9.17) is 17.3 Å². The number of benzene rings is 2. The summed E-state index contributed by atoms with van der Waals surface area (Å²) in [5.41, 5.74) is 9.26. The molecule has 0 aliphatic heterocycles. The van der Waals surface area contributed by atoms with Gasteiger partial charge in [-0.05, 0) is 36.6 Å². The molecule has 0 radical (unpaired) electrons.